The fourth-order valence-corrected chi connectivity index (χ4v) is 4.21. The molecular weight excluding hydrogens is 460 g/mol. The third kappa shape index (κ3) is 5.98. The maximum Gasteiger partial charge on any atom is 0.387 e. The van der Waals surface area contributed by atoms with Gasteiger partial charge in [-0.25, -0.2) is 4.98 Å². The number of benzene rings is 2. The van der Waals surface area contributed by atoms with Crippen molar-refractivity contribution in [1.82, 2.24) is 14.5 Å². The van der Waals surface area contributed by atoms with Crippen LogP contribution in [-0.4, -0.2) is 39.8 Å². The van der Waals surface area contributed by atoms with Crippen LogP contribution in [0.25, 0.3) is 10.9 Å². The van der Waals surface area contributed by atoms with E-state index in [0.29, 0.717) is 34.2 Å². The molecule has 0 radical (unpaired) electrons. The van der Waals surface area contributed by atoms with Gasteiger partial charge in [0.05, 0.1) is 16.7 Å². The Balaban J connectivity index is 1.70. The Kier molecular flexibility index (Phi) is 8.09. The summed E-state index contributed by atoms with van der Waals surface area (Å²) in [5, 5.41) is 1.42. The van der Waals surface area contributed by atoms with Crippen molar-refractivity contribution in [2.24, 2.45) is 0 Å². The summed E-state index contributed by atoms with van der Waals surface area (Å²) in [6.07, 6.45) is 0.743. The molecule has 1 amide bonds. The maximum atomic E-state index is 12.9. The highest BCUT2D eigenvalue weighted by Gasteiger charge is 2.16. The topological polar surface area (TPSA) is 64.4 Å². The molecule has 0 fully saturated rings. The molecule has 1 aromatic heterocycles. The van der Waals surface area contributed by atoms with Crippen molar-refractivity contribution in [1.29, 1.82) is 0 Å². The second-order valence-corrected chi connectivity index (χ2v) is 8.45. The van der Waals surface area contributed by atoms with Crippen LogP contribution in [0.5, 0.6) is 5.75 Å². The third-order valence-electron chi connectivity index (χ3n) is 4.65. The van der Waals surface area contributed by atoms with E-state index in [1.165, 1.54) is 28.8 Å². The van der Waals surface area contributed by atoms with Crippen LogP contribution in [-0.2, 0) is 17.9 Å². The fourth-order valence-electron chi connectivity index (χ4n) is 3.08. The molecule has 0 bridgehead atoms. The van der Waals surface area contributed by atoms with Crippen LogP contribution in [0.1, 0.15) is 18.9 Å². The first-order chi connectivity index (χ1) is 15.3. The number of alkyl halides is 2. The summed E-state index contributed by atoms with van der Waals surface area (Å²) in [6, 6.07) is 11.1. The number of hydrogen-bond donors (Lipinski definition) is 0. The van der Waals surface area contributed by atoms with E-state index in [4.69, 9.17) is 11.6 Å². The molecule has 170 valence electrons. The van der Waals surface area contributed by atoms with E-state index in [2.05, 4.69) is 9.72 Å². The molecule has 0 atom stereocenters. The lowest BCUT2D eigenvalue weighted by atomic mass is 10.2. The van der Waals surface area contributed by atoms with Crippen LogP contribution in [0.3, 0.4) is 0 Å². The van der Waals surface area contributed by atoms with Gasteiger partial charge in [-0.3, -0.25) is 14.2 Å². The fraction of sp³-hybridized carbons (Fsp3) is 0.318. The summed E-state index contributed by atoms with van der Waals surface area (Å²) in [5.74, 6) is -0.0123. The SMILES string of the molecule is CCCn1c(SCC(=O)N(C)Cc2ccc(OC(F)F)cc2)nc2cc(Cl)ccc2c1=O. The molecule has 32 heavy (non-hydrogen) atoms. The van der Waals surface area contributed by atoms with Gasteiger partial charge >= 0.3 is 6.61 Å². The third-order valence-corrected chi connectivity index (χ3v) is 5.84. The summed E-state index contributed by atoms with van der Waals surface area (Å²) >= 11 is 7.24. The number of rotatable bonds is 9. The molecule has 0 saturated carbocycles. The first kappa shape index (κ1) is 24.0. The average molecular weight is 482 g/mol. The smallest absolute Gasteiger partial charge is 0.387 e. The van der Waals surface area contributed by atoms with Gasteiger partial charge < -0.3 is 9.64 Å². The van der Waals surface area contributed by atoms with Crippen LogP contribution in [0.15, 0.2) is 52.4 Å². The molecule has 2 aromatic carbocycles. The molecule has 0 N–H and O–H groups in total. The van der Waals surface area contributed by atoms with E-state index in [-0.39, 0.29) is 23.0 Å². The molecule has 10 heteroatoms. The molecule has 3 aromatic rings. The molecule has 1 heterocycles. The monoisotopic (exact) mass is 481 g/mol. The Hall–Kier alpha value is -2.65. The van der Waals surface area contributed by atoms with Crippen LogP contribution in [0.4, 0.5) is 8.78 Å². The molecule has 0 unspecified atom stereocenters. The lowest BCUT2D eigenvalue weighted by Crippen LogP contribution is -2.29. The van der Waals surface area contributed by atoms with E-state index in [0.717, 1.165) is 12.0 Å². The number of ether oxygens (including phenoxy) is 1. The predicted octanol–water partition coefficient (Wildman–Crippen LogP) is 4.81. The Bertz CT molecular complexity index is 1160. The van der Waals surface area contributed by atoms with Crippen LogP contribution >= 0.6 is 23.4 Å². The van der Waals surface area contributed by atoms with Crippen molar-refractivity contribution in [3.8, 4) is 5.75 Å². The highest BCUT2D eigenvalue weighted by molar-refractivity contribution is 7.99. The summed E-state index contributed by atoms with van der Waals surface area (Å²) in [7, 11) is 1.65. The minimum Gasteiger partial charge on any atom is -0.435 e. The van der Waals surface area contributed by atoms with Crippen molar-refractivity contribution >= 4 is 40.2 Å². The number of thioether (sulfide) groups is 1. The zero-order chi connectivity index (χ0) is 23.3. The van der Waals surface area contributed by atoms with Gasteiger partial charge in [0.15, 0.2) is 5.16 Å². The minimum absolute atomic E-state index is 0.0599. The molecule has 0 saturated heterocycles. The van der Waals surface area contributed by atoms with E-state index in [1.54, 1.807) is 41.9 Å². The Morgan fingerprint density at radius 1 is 1.25 bits per heavy atom. The van der Waals surface area contributed by atoms with Crippen LogP contribution in [0, 0.1) is 0 Å². The van der Waals surface area contributed by atoms with Gasteiger partial charge in [-0.2, -0.15) is 8.78 Å². The van der Waals surface area contributed by atoms with Crippen molar-refractivity contribution in [3.05, 3.63) is 63.4 Å². The normalized spacial score (nSPS) is 11.2. The number of amides is 1. The zero-order valence-electron chi connectivity index (χ0n) is 17.6. The average Bonchev–Trinajstić information content (AvgIpc) is 2.75. The van der Waals surface area contributed by atoms with E-state index in [1.807, 2.05) is 6.92 Å². The maximum absolute atomic E-state index is 12.9. The van der Waals surface area contributed by atoms with Crippen molar-refractivity contribution in [2.45, 2.75) is 38.2 Å². The summed E-state index contributed by atoms with van der Waals surface area (Å²) < 4.78 is 30.4. The number of aromatic nitrogens is 2. The van der Waals surface area contributed by atoms with Crippen LogP contribution in [0.2, 0.25) is 5.02 Å². The first-order valence-corrected chi connectivity index (χ1v) is 11.3. The predicted molar refractivity (Wildman–Crippen MR) is 122 cm³/mol. The Morgan fingerprint density at radius 3 is 2.62 bits per heavy atom. The van der Waals surface area contributed by atoms with Crippen molar-refractivity contribution in [3.63, 3.8) is 0 Å². The highest BCUT2D eigenvalue weighted by atomic mass is 35.5. The van der Waals surface area contributed by atoms with Crippen LogP contribution < -0.4 is 10.3 Å². The minimum atomic E-state index is -2.88. The van der Waals surface area contributed by atoms with Gasteiger partial charge in [0.2, 0.25) is 5.91 Å². The number of carbonyl (C=O) groups is 1. The molecule has 6 nitrogen and oxygen atoms in total. The molecule has 3 rings (SSSR count). The second kappa shape index (κ2) is 10.8. The Labute approximate surface area is 193 Å². The summed E-state index contributed by atoms with van der Waals surface area (Å²) in [6.45, 7) is -0.128. The van der Waals surface area contributed by atoms with Gasteiger partial charge in [-0.05, 0) is 42.3 Å². The first-order valence-electron chi connectivity index (χ1n) is 9.89. The van der Waals surface area contributed by atoms with Gasteiger partial charge in [0.25, 0.3) is 5.56 Å². The summed E-state index contributed by atoms with van der Waals surface area (Å²) in [4.78, 5) is 31.6. The number of carbonyl (C=O) groups excluding carboxylic acids is 1. The van der Waals surface area contributed by atoms with Gasteiger partial charge in [0.1, 0.15) is 5.75 Å². The molecule has 0 aliphatic rings. The van der Waals surface area contributed by atoms with Gasteiger partial charge in [-0.15, -0.1) is 0 Å². The molecule has 0 spiro atoms. The largest absolute Gasteiger partial charge is 0.435 e. The lowest BCUT2D eigenvalue weighted by molar-refractivity contribution is -0.127. The number of nitrogens with zero attached hydrogens (tertiary/aromatic N) is 3. The molecular formula is C22H22ClF2N3O3S. The zero-order valence-corrected chi connectivity index (χ0v) is 19.1. The Morgan fingerprint density at radius 2 is 1.97 bits per heavy atom. The van der Waals surface area contributed by atoms with E-state index >= 15 is 0 Å². The van der Waals surface area contributed by atoms with Crippen molar-refractivity contribution in [2.75, 3.05) is 12.8 Å². The number of halogens is 3. The standard InChI is InChI=1S/C22H22ClF2N3O3S/c1-3-10-28-20(30)17-9-6-15(23)11-18(17)26-22(28)32-13-19(29)27(2)12-14-4-7-16(8-5-14)31-21(24)25/h4-9,11,21H,3,10,12-13H2,1-2H3. The molecule has 0 aliphatic carbocycles. The van der Waals surface area contributed by atoms with Gasteiger partial charge in [-0.1, -0.05) is 42.4 Å². The number of fused-ring (bicyclic) bond motifs is 1. The summed E-state index contributed by atoms with van der Waals surface area (Å²) in [5.41, 5.74) is 1.10. The molecule has 0 aliphatic heterocycles. The lowest BCUT2D eigenvalue weighted by Gasteiger charge is -2.18. The van der Waals surface area contributed by atoms with Gasteiger partial charge in [0, 0.05) is 25.2 Å². The van der Waals surface area contributed by atoms with E-state index in [9.17, 15) is 18.4 Å². The van der Waals surface area contributed by atoms with Crippen molar-refractivity contribution < 1.29 is 18.3 Å². The van der Waals surface area contributed by atoms with E-state index < -0.39 is 6.61 Å². The quantitative estimate of drug-likeness (QED) is 0.324. The highest BCUT2D eigenvalue weighted by Crippen LogP contribution is 2.22. The number of hydrogen-bond acceptors (Lipinski definition) is 5. The second-order valence-electron chi connectivity index (χ2n) is 7.07.